The molecule has 20 heavy (non-hydrogen) atoms. The van der Waals surface area contributed by atoms with Gasteiger partial charge < -0.3 is 10.4 Å². The van der Waals surface area contributed by atoms with Gasteiger partial charge in [-0.1, -0.05) is 41.5 Å². The molecule has 0 spiro atoms. The molecule has 1 atom stereocenters. The van der Waals surface area contributed by atoms with E-state index >= 15 is 0 Å². The van der Waals surface area contributed by atoms with Crippen LogP contribution in [-0.2, 0) is 4.79 Å². The number of nitrogens with one attached hydrogen (secondary N) is 1. The van der Waals surface area contributed by atoms with Gasteiger partial charge in [0.15, 0.2) is 6.04 Å². The van der Waals surface area contributed by atoms with Gasteiger partial charge in [-0.3, -0.25) is 0 Å². The molecular weight excluding hydrogens is 318 g/mol. The van der Waals surface area contributed by atoms with Crippen LogP contribution in [0.3, 0.4) is 0 Å². The summed E-state index contributed by atoms with van der Waals surface area (Å²) in [4.78, 5) is 11.6. The third kappa shape index (κ3) is 3.39. The van der Waals surface area contributed by atoms with Crippen LogP contribution in [0.4, 0.5) is 5.69 Å². The molecule has 1 unspecified atom stereocenters. The molecule has 2 rings (SSSR count). The monoisotopic (exact) mass is 333 g/mol. The van der Waals surface area contributed by atoms with Gasteiger partial charge >= 0.3 is 5.97 Å². The summed E-state index contributed by atoms with van der Waals surface area (Å²) in [6.07, 6.45) is 0. The van der Waals surface area contributed by atoms with Crippen LogP contribution in [0.2, 0.25) is 0 Å². The number of aryl methyl sites for hydroxylation is 2. The van der Waals surface area contributed by atoms with Crippen molar-refractivity contribution >= 4 is 27.6 Å². The number of carbonyl (C=O) groups is 1. The summed E-state index contributed by atoms with van der Waals surface area (Å²) < 4.78 is 0.843. The van der Waals surface area contributed by atoms with Gasteiger partial charge in [0.05, 0.1) is 0 Å². The molecule has 2 aromatic rings. The highest BCUT2D eigenvalue weighted by Gasteiger charge is 2.20. The number of hydrogen-bond acceptors (Lipinski definition) is 2. The minimum atomic E-state index is -0.897. The number of carboxylic acids is 1. The first-order chi connectivity index (χ1) is 9.47. The minimum absolute atomic E-state index is 0.755. The van der Waals surface area contributed by atoms with Crippen LogP contribution in [-0.4, -0.2) is 11.1 Å². The van der Waals surface area contributed by atoms with Crippen molar-refractivity contribution in [1.82, 2.24) is 0 Å². The third-order valence-electron chi connectivity index (χ3n) is 3.00. The topological polar surface area (TPSA) is 49.3 Å². The molecule has 0 radical (unpaired) electrons. The Hall–Kier alpha value is -1.81. The summed E-state index contributed by atoms with van der Waals surface area (Å²) in [6.45, 7) is 3.93. The molecule has 2 N–H and O–H groups in total. The van der Waals surface area contributed by atoms with Gasteiger partial charge in [-0.05, 0) is 47.5 Å². The van der Waals surface area contributed by atoms with E-state index in [0.29, 0.717) is 0 Å². The van der Waals surface area contributed by atoms with E-state index in [9.17, 15) is 9.90 Å². The van der Waals surface area contributed by atoms with Crippen LogP contribution >= 0.6 is 15.9 Å². The third-order valence-corrected chi connectivity index (χ3v) is 3.69. The Balaban J connectivity index is 2.37. The molecule has 0 bridgehead atoms. The summed E-state index contributed by atoms with van der Waals surface area (Å²) in [6, 6.07) is 12.5. The van der Waals surface area contributed by atoms with Crippen LogP contribution < -0.4 is 5.32 Å². The lowest BCUT2D eigenvalue weighted by atomic mass is 10.0. The fraction of sp³-hybridized carbons (Fsp3) is 0.188. The van der Waals surface area contributed by atoms with Crippen molar-refractivity contribution in [2.24, 2.45) is 0 Å². The summed E-state index contributed by atoms with van der Waals surface area (Å²) in [5.74, 6) is -0.897. The van der Waals surface area contributed by atoms with Crippen molar-refractivity contribution in [3.63, 3.8) is 0 Å². The molecule has 0 fully saturated rings. The molecule has 0 amide bonds. The van der Waals surface area contributed by atoms with E-state index in [4.69, 9.17) is 0 Å². The lowest BCUT2D eigenvalue weighted by Crippen LogP contribution is -2.21. The normalized spacial score (nSPS) is 11.9. The Kier molecular flexibility index (Phi) is 4.45. The maximum absolute atomic E-state index is 11.6. The van der Waals surface area contributed by atoms with Crippen molar-refractivity contribution in [2.75, 3.05) is 5.32 Å². The van der Waals surface area contributed by atoms with Gasteiger partial charge in [-0.2, -0.15) is 0 Å². The largest absolute Gasteiger partial charge is 0.479 e. The van der Waals surface area contributed by atoms with Crippen LogP contribution in [0, 0.1) is 13.8 Å². The number of rotatable bonds is 4. The molecule has 2 aromatic carbocycles. The fourth-order valence-electron chi connectivity index (χ4n) is 2.20. The molecule has 0 aliphatic heterocycles. The zero-order chi connectivity index (χ0) is 14.7. The molecule has 4 heteroatoms. The molecule has 0 aliphatic carbocycles. The van der Waals surface area contributed by atoms with Crippen LogP contribution in [0.5, 0.6) is 0 Å². The van der Waals surface area contributed by atoms with Gasteiger partial charge in [0, 0.05) is 10.2 Å². The van der Waals surface area contributed by atoms with E-state index in [1.54, 1.807) is 0 Å². The zero-order valence-electron chi connectivity index (χ0n) is 11.4. The predicted octanol–water partition coefficient (Wildman–Crippen LogP) is 4.30. The number of carboxylic acid groups (broad SMARTS) is 1. The highest BCUT2D eigenvalue weighted by molar-refractivity contribution is 9.10. The zero-order valence-corrected chi connectivity index (χ0v) is 12.9. The highest BCUT2D eigenvalue weighted by atomic mass is 79.9. The first kappa shape index (κ1) is 14.6. The van der Waals surface area contributed by atoms with E-state index in [2.05, 4.69) is 21.2 Å². The second kappa shape index (κ2) is 6.09. The van der Waals surface area contributed by atoms with Gasteiger partial charge in [-0.25, -0.2) is 4.79 Å². The molecule has 104 valence electrons. The van der Waals surface area contributed by atoms with Crippen LogP contribution in [0.1, 0.15) is 22.7 Å². The van der Waals surface area contributed by atoms with Crippen LogP contribution in [0.25, 0.3) is 0 Å². The second-order valence-electron chi connectivity index (χ2n) is 4.82. The van der Waals surface area contributed by atoms with E-state index in [1.807, 2.05) is 56.3 Å². The van der Waals surface area contributed by atoms with E-state index in [1.165, 1.54) is 0 Å². The number of benzene rings is 2. The first-order valence-corrected chi connectivity index (χ1v) is 7.09. The summed E-state index contributed by atoms with van der Waals surface area (Å²) in [5.41, 5.74) is 3.63. The fourth-order valence-corrected chi connectivity index (χ4v) is 2.60. The number of hydrogen-bond donors (Lipinski definition) is 2. The van der Waals surface area contributed by atoms with E-state index in [0.717, 1.165) is 26.9 Å². The van der Waals surface area contributed by atoms with Crippen molar-refractivity contribution in [2.45, 2.75) is 19.9 Å². The Morgan fingerprint density at radius 1 is 1.15 bits per heavy atom. The van der Waals surface area contributed by atoms with Gasteiger partial charge in [0.25, 0.3) is 0 Å². The summed E-state index contributed by atoms with van der Waals surface area (Å²) >= 11 is 3.42. The summed E-state index contributed by atoms with van der Waals surface area (Å²) in [5, 5.41) is 12.6. The van der Waals surface area contributed by atoms with E-state index < -0.39 is 12.0 Å². The number of halogens is 1. The second-order valence-corrected chi connectivity index (χ2v) is 5.67. The summed E-state index contributed by atoms with van der Waals surface area (Å²) in [7, 11) is 0. The number of anilines is 1. The Morgan fingerprint density at radius 2 is 1.75 bits per heavy atom. The number of para-hydroxylation sites is 1. The van der Waals surface area contributed by atoms with Crippen molar-refractivity contribution in [3.05, 3.63) is 63.6 Å². The predicted molar refractivity (Wildman–Crippen MR) is 84.1 cm³/mol. The van der Waals surface area contributed by atoms with Gasteiger partial charge in [0.1, 0.15) is 0 Å². The Bertz CT molecular complexity index is 620. The molecule has 0 aromatic heterocycles. The minimum Gasteiger partial charge on any atom is -0.479 e. The molecule has 0 saturated carbocycles. The molecule has 0 saturated heterocycles. The molecule has 0 aliphatic rings. The van der Waals surface area contributed by atoms with Crippen LogP contribution in [0.15, 0.2) is 46.9 Å². The van der Waals surface area contributed by atoms with Crippen molar-refractivity contribution in [3.8, 4) is 0 Å². The Morgan fingerprint density at radius 3 is 2.30 bits per heavy atom. The molecular formula is C16H16BrNO2. The van der Waals surface area contributed by atoms with Crippen molar-refractivity contribution < 1.29 is 9.90 Å². The maximum Gasteiger partial charge on any atom is 0.330 e. The average Bonchev–Trinajstić information content (AvgIpc) is 2.36. The lowest BCUT2D eigenvalue weighted by molar-refractivity contribution is -0.138. The number of aliphatic carboxylic acids is 1. The molecule has 0 heterocycles. The SMILES string of the molecule is Cc1cc(C)cc(C(Nc2ccccc2Br)C(=O)O)c1. The van der Waals surface area contributed by atoms with Gasteiger partial charge in [0.2, 0.25) is 0 Å². The smallest absolute Gasteiger partial charge is 0.330 e. The lowest BCUT2D eigenvalue weighted by Gasteiger charge is -2.18. The maximum atomic E-state index is 11.6. The average molecular weight is 334 g/mol. The standard InChI is InChI=1S/C16H16BrNO2/c1-10-7-11(2)9-12(8-10)15(16(19)20)18-14-6-4-3-5-13(14)17/h3-9,15,18H,1-2H3,(H,19,20). The first-order valence-electron chi connectivity index (χ1n) is 6.29. The molecule has 3 nitrogen and oxygen atoms in total. The van der Waals surface area contributed by atoms with E-state index in [-0.39, 0.29) is 0 Å². The highest BCUT2D eigenvalue weighted by Crippen LogP contribution is 2.27. The van der Waals surface area contributed by atoms with Crippen molar-refractivity contribution in [1.29, 1.82) is 0 Å². The Labute approximate surface area is 126 Å². The van der Waals surface area contributed by atoms with Gasteiger partial charge in [-0.15, -0.1) is 0 Å². The quantitative estimate of drug-likeness (QED) is 0.876.